The Kier molecular flexibility index (Phi) is 34.0. The lowest BCUT2D eigenvalue weighted by molar-refractivity contribution is -0.301. The molecule has 1 aliphatic heterocycles. The highest BCUT2D eigenvalue weighted by molar-refractivity contribution is 5.73. The molecular weight excluding hydrogens is 610 g/mol. The number of hydrogen-bond donors (Lipinski definition) is 6. The number of aliphatic hydroxyl groups excluding tert-OH is 5. The van der Waals surface area contributed by atoms with Crippen LogP contribution in [-0.2, 0) is 14.3 Å². The van der Waals surface area contributed by atoms with Crippen LogP contribution < -0.4 is 5.73 Å². The second-order valence-electron chi connectivity index (χ2n) is 14.1. The fourth-order valence-corrected chi connectivity index (χ4v) is 6.21. The van der Waals surface area contributed by atoms with Crippen molar-refractivity contribution in [3.63, 3.8) is 0 Å². The van der Waals surface area contributed by atoms with Gasteiger partial charge in [-0.2, -0.15) is 0 Å². The number of nitrogens with two attached hydrogens (primary N) is 1. The van der Waals surface area contributed by atoms with Gasteiger partial charge in [0.15, 0.2) is 6.29 Å². The van der Waals surface area contributed by atoms with E-state index in [9.17, 15) is 25.2 Å². The van der Waals surface area contributed by atoms with Crippen molar-refractivity contribution in [3.05, 3.63) is 0 Å². The van der Waals surface area contributed by atoms with Gasteiger partial charge in [0.1, 0.15) is 24.4 Å². The van der Waals surface area contributed by atoms with Crippen LogP contribution in [0.25, 0.3) is 0 Å². The van der Waals surface area contributed by atoms with Crippen molar-refractivity contribution in [2.75, 3.05) is 13.2 Å². The van der Waals surface area contributed by atoms with Crippen LogP contribution in [0.1, 0.15) is 194 Å². The number of rotatable bonds is 32. The fraction of sp³-hybridized carbons (Fsp3) is 0.974. The van der Waals surface area contributed by atoms with Gasteiger partial charge in [0.25, 0.3) is 0 Å². The maximum Gasteiger partial charge on any atom is 0.217 e. The molecule has 6 unspecified atom stereocenters. The zero-order valence-corrected chi connectivity index (χ0v) is 31.2. The van der Waals surface area contributed by atoms with Crippen molar-refractivity contribution >= 4 is 5.91 Å². The van der Waals surface area contributed by atoms with Crippen molar-refractivity contribution in [1.29, 1.82) is 0 Å². The van der Waals surface area contributed by atoms with Gasteiger partial charge in [-0.05, 0) is 19.3 Å². The molecule has 0 aromatic carbocycles. The van der Waals surface area contributed by atoms with Crippen LogP contribution in [-0.4, -0.2) is 81.5 Å². The number of primary amides is 1. The lowest BCUT2D eigenvalue weighted by Gasteiger charge is -2.39. The minimum absolute atomic E-state index is 0.150. The summed E-state index contributed by atoms with van der Waals surface area (Å²) in [6.07, 6.45) is 28.5. The summed E-state index contributed by atoms with van der Waals surface area (Å²) < 4.78 is 10.5. The Morgan fingerprint density at radius 3 is 1.40 bits per heavy atom. The first-order chi connectivity index (χ1) is 23.3. The Morgan fingerprint density at radius 1 is 0.604 bits per heavy atom. The van der Waals surface area contributed by atoms with Crippen molar-refractivity contribution in [3.8, 4) is 0 Å². The van der Waals surface area contributed by atoms with Crippen molar-refractivity contribution in [2.24, 2.45) is 5.73 Å². The molecule has 0 bridgehead atoms. The summed E-state index contributed by atoms with van der Waals surface area (Å²) in [7, 11) is 0. The summed E-state index contributed by atoms with van der Waals surface area (Å²) in [6, 6.07) is 0. The van der Waals surface area contributed by atoms with Gasteiger partial charge in [0, 0.05) is 6.42 Å². The first-order valence-corrected chi connectivity index (χ1v) is 20.2. The van der Waals surface area contributed by atoms with E-state index in [2.05, 4.69) is 13.8 Å². The Balaban J connectivity index is 0.000000932. The third-order valence-corrected chi connectivity index (χ3v) is 9.50. The maximum atomic E-state index is 10.6. The molecule has 48 heavy (non-hydrogen) atoms. The third-order valence-electron chi connectivity index (χ3n) is 9.50. The van der Waals surface area contributed by atoms with Gasteiger partial charge in [-0.25, -0.2) is 0 Å². The molecule has 6 atom stereocenters. The largest absolute Gasteiger partial charge is 0.394 e. The van der Waals surface area contributed by atoms with Crippen LogP contribution in [0, 0.1) is 0 Å². The molecule has 288 valence electrons. The molecule has 0 spiro atoms. The van der Waals surface area contributed by atoms with E-state index in [1.807, 2.05) is 0 Å². The van der Waals surface area contributed by atoms with E-state index in [1.54, 1.807) is 0 Å². The van der Waals surface area contributed by atoms with E-state index in [0.29, 0.717) is 19.3 Å². The summed E-state index contributed by atoms with van der Waals surface area (Å²) in [5.74, 6) is -0.150. The highest BCUT2D eigenvalue weighted by Crippen LogP contribution is 2.22. The van der Waals surface area contributed by atoms with Crippen LogP contribution in [0.4, 0.5) is 0 Å². The topological polar surface area (TPSA) is 163 Å². The molecule has 9 heteroatoms. The van der Waals surface area contributed by atoms with E-state index in [4.69, 9.17) is 20.3 Å². The van der Waals surface area contributed by atoms with E-state index in [-0.39, 0.29) is 12.5 Å². The number of aliphatic hydroxyl groups is 5. The molecular formula is C39H79NO8. The maximum absolute atomic E-state index is 10.6. The SMILES string of the molecule is CCCCCCC(O)CCOC1OC(CO)C(O)C(O)C1O.CCCCCCCCCCCCCCCCCCCCCCCC(N)=O. The molecule has 1 fully saturated rings. The smallest absolute Gasteiger partial charge is 0.217 e. The summed E-state index contributed by atoms with van der Waals surface area (Å²) in [6.45, 7) is 4.10. The first-order valence-electron chi connectivity index (χ1n) is 20.2. The van der Waals surface area contributed by atoms with Gasteiger partial charge in [-0.1, -0.05) is 168 Å². The summed E-state index contributed by atoms with van der Waals surface area (Å²) >= 11 is 0. The summed E-state index contributed by atoms with van der Waals surface area (Å²) in [5.41, 5.74) is 5.14. The second-order valence-corrected chi connectivity index (χ2v) is 14.1. The highest BCUT2D eigenvalue weighted by atomic mass is 16.7. The molecule has 1 saturated heterocycles. The number of amides is 1. The number of ether oxygens (including phenoxy) is 2. The molecule has 0 radical (unpaired) electrons. The van der Waals surface area contributed by atoms with E-state index in [0.717, 1.165) is 32.1 Å². The molecule has 9 nitrogen and oxygen atoms in total. The molecule has 1 rings (SSSR count). The van der Waals surface area contributed by atoms with Crippen LogP contribution in [0.15, 0.2) is 0 Å². The average Bonchev–Trinajstić information content (AvgIpc) is 3.07. The Labute approximate surface area is 294 Å². The van der Waals surface area contributed by atoms with Crippen LogP contribution in [0.3, 0.4) is 0 Å². The number of carbonyl (C=O) groups is 1. The van der Waals surface area contributed by atoms with Crippen molar-refractivity contribution < 1.29 is 39.8 Å². The quantitative estimate of drug-likeness (QED) is 0.0394. The standard InChI is InChI=1S/C24H49NO.C15H30O7/c1-2-3-4-5-6-7-8-9-10-11-12-13-14-15-16-17-18-19-20-21-22-23-24(25)26;1-2-3-4-5-6-10(17)7-8-21-15-14(20)13(19)12(18)11(9-16)22-15/h2-23H2,1H3,(H2,25,26);10-20H,2-9H2,1H3. The predicted octanol–water partition coefficient (Wildman–Crippen LogP) is 7.60. The minimum atomic E-state index is -1.44. The average molecular weight is 690 g/mol. The monoisotopic (exact) mass is 690 g/mol. The molecule has 1 amide bonds. The second kappa shape index (κ2) is 34.6. The molecule has 0 aliphatic carbocycles. The van der Waals surface area contributed by atoms with E-state index < -0.39 is 43.4 Å². The fourth-order valence-electron chi connectivity index (χ4n) is 6.21. The van der Waals surface area contributed by atoms with Gasteiger partial charge in [-0.3, -0.25) is 4.79 Å². The minimum Gasteiger partial charge on any atom is -0.394 e. The normalized spacial score (nSPS) is 21.5. The zero-order valence-electron chi connectivity index (χ0n) is 31.2. The first kappa shape index (κ1) is 47.2. The lowest BCUT2D eigenvalue weighted by Crippen LogP contribution is -2.59. The van der Waals surface area contributed by atoms with E-state index in [1.165, 1.54) is 128 Å². The molecule has 7 N–H and O–H groups in total. The zero-order chi connectivity index (χ0) is 35.7. The predicted molar refractivity (Wildman–Crippen MR) is 196 cm³/mol. The Hall–Kier alpha value is -0.810. The summed E-state index contributed by atoms with van der Waals surface area (Å²) in [4.78, 5) is 10.6. The number of unbranched alkanes of at least 4 members (excludes halogenated alkanes) is 23. The molecule has 0 aromatic rings. The molecule has 0 aromatic heterocycles. The number of carbonyl (C=O) groups excluding carboxylic acids is 1. The van der Waals surface area contributed by atoms with Crippen molar-refractivity contribution in [1.82, 2.24) is 0 Å². The number of hydrogen-bond acceptors (Lipinski definition) is 8. The third kappa shape index (κ3) is 27.9. The Morgan fingerprint density at radius 2 is 1.00 bits per heavy atom. The Bertz CT molecular complexity index is 682. The van der Waals surface area contributed by atoms with E-state index >= 15 is 0 Å². The highest BCUT2D eigenvalue weighted by Gasteiger charge is 2.43. The molecule has 1 heterocycles. The van der Waals surface area contributed by atoms with Crippen LogP contribution >= 0.6 is 0 Å². The van der Waals surface area contributed by atoms with Gasteiger partial charge in [0.2, 0.25) is 5.91 Å². The van der Waals surface area contributed by atoms with Crippen LogP contribution in [0.2, 0.25) is 0 Å². The lowest BCUT2D eigenvalue weighted by atomic mass is 9.99. The van der Waals surface area contributed by atoms with Crippen LogP contribution in [0.5, 0.6) is 0 Å². The molecule has 0 saturated carbocycles. The van der Waals surface area contributed by atoms with Gasteiger partial charge < -0.3 is 40.7 Å². The van der Waals surface area contributed by atoms with Gasteiger partial charge >= 0.3 is 0 Å². The van der Waals surface area contributed by atoms with Crippen molar-refractivity contribution in [2.45, 2.75) is 230 Å². The van der Waals surface area contributed by atoms with Gasteiger partial charge in [0.05, 0.1) is 19.3 Å². The van der Waals surface area contributed by atoms with Gasteiger partial charge in [-0.15, -0.1) is 0 Å². The molecule has 1 aliphatic rings. The summed E-state index contributed by atoms with van der Waals surface area (Å²) in [5, 5.41) is 47.9.